The largest absolute Gasteiger partial charge is 0.233 e. The lowest BCUT2D eigenvalue weighted by molar-refractivity contribution is -0.351. The van der Waals surface area contributed by atoms with E-state index in [1.165, 1.54) is 0 Å². The van der Waals surface area contributed by atoms with Crippen LogP contribution in [-0.4, -0.2) is 22.8 Å². The van der Waals surface area contributed by atoms with Crippen molar-refractivity contribution in [3.8, 4) is 0 Å². The average molecular weight is 196 g/mol. The minimum Gasteiger partial charge on any atom is -0.233 e. The fourth-order valence-electron chi connectivity index (χ4n) is 0.514. The zero-order valence-electron chi connectivity index (χ0n) is 5.56. The Morgan fingerprint density at radius 1 is 1.44 bits per heavy atom. The standard InChI is InChI=1S/C5H10BrNO2/c1-5(2)3-8-9-4-7(5)6/h3-4H2,1-2H3. The molecule has 0 aromatic rings. The summed E-state index contributed by atoms with van der Waals surface area (Å²) < 4.78 is 1.92. The van der Waals surface area contributed by atoms with Crippen LogP contribution in [0.5, 0.6) is 0 Å². The summed E-state index contributed by atoms with van der Waals surface area (Å²) in [5.41, 5.74) is 0.0399. The molecule has 0 spiro atoms. The Labute approximate surface area is 63.2 Å². The van der Waals surface area contributed by atoms with Gasteiger partial charge in [-0.3, -0.25) is 0 Å². The first kappa shape index (κ1) is 7.47. The Morgan fingerprint density at radius 3 is 2.44 bits per heavy atom. The molecule has 0 aliphatic carbocycles. The maximum absolute atomic E-state index is 4.78. The molecule has 3 nitrogen and oxygen atoms in total. The van der Waals surface area contributed by atoms with Gasteiger partial charge >= 0.3 is 0 Å². The Morgan fingerprint density at radius 2 is 2.11 bits per heavy atom. The van der Waals surface area contributed by atoms with Gasteiger partial charge in [0.15, 0.2) is 0 Å². The van der Waals surface area contributed by atoms with Crippen LogP contribution in [0.3, 0.4) is 0 Å². The van der Waals surface area contributed by atoms with E-state index in [-0.39, 0.29) is 5.54 Å². The molecule has 1 aliphatic rings. The summed E-state index contributed by atoms with van der Waals surface area (Å²) >= 11 is 3.34. The highest BCUT2D eigenvalue weighted by Gasteiger charge is 2.29. The van der Waals surface area contributed by atoms with Gasteiger partial charge in [-0.25, -0.2) is 13.7 Å². The average Bonchev–Trinajstić information content (AvgIpc) is 1.77. The molecule has 0 bridgehead atoms. The second-order valence-corrected chi connectivity index (χ2v) is 3.54. The molecule has 0 N–H and O–H groups in total. The van der Waals surface area contributed by atoms with Crippen molar-refractivity contribution in [1.82, 2.24) is 3.93 Å². The summed E-state index contributed by atoms with van der Waals surface area (Å²) in [5, 5.41) is 0. The molecule has 1 rings (SSSR count). The molecular weight excluding hydrogens is 186 g/mol. The number of halogens is 1. The molecule has 0 saturated carbocycles. The fourth-order valence-corrected chi connectivity index (χ4v) is 0.700. The Hall–Kier alpha value is 0.360. The van der Waals surface area contributed by atoms with E-state index in [1.54, 1.807) is 0 Å². The lowest BCUT2D eigenvalue weighted by atomic mass is 10.1. The van der Waals surface area contributed by atoms with E-state index in [2.05, 4.69) is 30.0 Å². The topological polar surface area (TPSA) is 21.7 Å². The second-order valence-electron chi connectivity index (χ2n) is 2.68. The number of hydrogen-bond acceptors (Lipinski definition) is 3. The Balaban J connectivity index is 2.49. The zero-order valence-corrected chi connectivity index (χ0v) is 7.14. The number of rotatable bonds is 0. The van der Waals surface area contributed by atoms with Gasteiger partial charge in [-0.05, 0) is 13.8 Å². The molecule has 0 radical (unpaired) electrons. The van der Waals surface area contributed by atoms with Crippen molar-refractivity contribution in [3.05, 3.63) is 0 Å². The van der Waals surface area contributed by atoms with Gasteiger partial charge in [0.25, 0.3) is 0 Å². The molecule has 1 aliphatic heterocycles. The van der Waals surface area contributed by atoms with Gasteiger partial charge in [0.2, 0.25) is 0 Å². The quantitative estimate of drug-likeness (QED) is 0.430. The third-order valence-electron chi connectivity index (χ3n) is 1.32. The summed E-state index contributed by atoms with van der Waals surface area (Å²) in [4.78, 5) is 9.48. The lowest BCUT2D eigenvalue weighted by Gasteiger charge is -2.35. The Bertz CT molecular complexity index is 107. The van der Waals surface area contributed by atoms with E-state index >= 15 is 0 Å². The normalized spacial score (nSPS) is 28.3. The summed E-state index contributed by atoms with van der Waals surface area (Å²) in [5.74, 6) is 0. The minimum absolute atomic E-state index is 0.0399. The Kier molecular flexibility index (Phi) is 2.10. The van der Waals surface area contributed by atoms with Crippen LogP contribution >= 0.6 is 16.1 Å². The van der Waals surface area contributed by atoms with Crippen LogP contribution in [-0.2, 0) is 9.78 Å². The van der Waals surface area contributed by atoms with Crippen molar-refractivity contribution >= 4 is 16.1 Å². The van der Waals surface area contributed by atoms with Crippen LogP contribution in [0, 0.1) is 0 Å². The monoisotopic (exact) mass is 195 g/mol. The lowest BCUT2D eigenvalue weighted by Crippen LogP contribution is -2.46. The predicted molar refractivity (Wildman–Crippen MR) is 36.7 cm³/mol. The van der Waals surface area contributed by atoms with Crippen LogP contribution in [0.15, 0.2) is 0 Å². The van der Waals surface area contributed by atoms with E-state index in [0.29, 0.717) is 13.3 Å². The molecule has 1 heterocycles. The van der Waals surface area contributed by atoms with Crippen molar-refractivity contribution in [2.45, 2.75) is 19.4 Å². The van der Waals surface area contributed by atoms with Gasteiger partial charge in [0, 0.05) is 16.1 Å². The molecule has 1 saturated heterocycles. The first-order valence-electron chi connectivity index (χ1n) is 2.81. The third-order valence-corrected chi connectivity index (χ3v) is 2.48. The predicted octanol–water partition coefficient (Wildman–Crippen LogP) is 1.30. The molecule has 0 atom stereocenters. The first-order valence-corrected chi connectivity index (χ1v) is 3.52. The maximum Gasteiger partial charge on any atom is 0.145 e. The summed E-state index contributed by atoms with van der Waals surface area (Å²) in [7, 11) is 0. The van der Waals surface area contributed by atoms with Crippen molar-refractivity contribution in [2.24, 2.45) is 0 Å². The molecule has 1 fully saturated rings. The second kappa shape index (κ2) is 2.54. The number of nitrogens with zero attached hydrogens (tertiary/aromatic N) is 1. The number of hydrogen-bond donors (Lipinski definition) is 0. The summed E-state index contributed by atoms with van der Waals surface area (Å²) in [6.07, 6.45) is 0. The van der Waals surface area contributed by atoms with Gasteiger partial charge in [0.1, 0.15) is 13.3 Å². The molecule has 54 valence electrons. The molecule has 4 heteroatoms. The molecular formula is C5H10BrNO2. The van der Waals surface area contributed by atoms with Crippen LogP contribution < -0.4 is 0 Å². The smallest absolute Gasteiger partial charge is 0.145 e. The van der Waals surface area contributed by atoms with Gasteiger partial charge in [0.05, 0.1) is 5.54 Å². The van der Waals surface area contributed by atoms with Gasteiger partial charge in [-0.15, -0.1) is 0 Å². The summed E-state index contributed by atoms with van der Waals surface area (Å²) in [6.45, 7) is 5.22. The molecule has 0 aromatic heterocycles. The van der Waals surface area contributed by atoms with Crippen LogP contribution in [0.4, 0.5) is 0 Å². The minimum atomic E-state index is 0.0399. The fraction of sp³-hybridized carbons (Fsp3) is 1.00. The van der Waals surface area contributed by atoms with Gasteiger partial charge in [-0.2, -0.15) is 0 Å². The van der Waals surface area contributed by atoms with Crippen LogP contribution in [0.25, 0.3) is 0 Å². The van der Waals surface area contributed by atoms with E-state index in [9.17, 15) is 0 Å². The van der Waals surface area contributed by atoms with Crippen molar-refractivity contribution in [1.29, 1.82) is 0 Å². The van der Waals surface area contributed by atoms with Gasteiger partial charge < -0.3 is 0 Å². The van der Waals surface area contributed by atoms with E-state index in [0.717, 1.165) is 0 Å². The first-order chi connectivity index (χ1) is 4.13. The highest BCUT2D eigenvalue weighted by atomic mass is 79.9. The molecule has 9 heavy (non-hydrogen) atoms. The van der Waals surface area contributed by atoms with E-state index in [4.69, 9.17) is 9.78 Å². The van der Waals surface area contributed by atoms with Crippen molar-refractivity contribution < 1.29 is 9.78 Å². The third kappa shape index (κ3) is 1.64. The summed E-state index contributed by atoms with van der Waals surface area (Å²) in [6, 6.07) is 0. The molecule has 0 unspecified atom stereocenters. The van der Waals surface area contributed by atoms with E-state index in [1.807, 2.05) is 3.93 Å². The van der Waals surface area contributed by atoms with Crippen LogP contribution in [0.2, 0.25) is 0 Å². The van der Waals surface area contributed by atoms with Crippen molar-refractivity contribution in [3.63, 3.8) is 0 Å². The highest BCUT2D eigenvalue weighted by Crippen LogP contribution is 2.22. The zero-order chi connectivity index (χ0) is 6.91. The highest BCUT2D eigenvalue weighted by molar-refractivity contribution is 9.07. The van der Waals surface area contributed by atoms with Crippen LogP contribution in [0.1, 0.15) is 13.8 Å². The van der Waals surface area contributed by atoms with Crippen molar-refractivity contribution in [2.75, 3.05) is 13.3 Å². The maximum atomic E-state index is 4.78. The molecule has 0 amide bonds. The van der Waals surface area contributed by atoms with Gasteiger partial charge in [-0.1, -0.05) is 0 Å². The SMILES string of the molecule is CC1(C)COOCN1Br. The molecule has 0 aromatic carbocycles. The van der Waals surface area contributed by atoms with E-state index < -0.39 is 0 Å².